The zero-order valence-electron chi connectivity index (χ0n) is 23.3. The number of amides is 2. The van der Waals surface area contributed by atoms with Crippen LogP contribution < -0.4 is 15.4 Å². The average Bonchev–Trinajstić information content (AvgIpc) is 3.45. The Bertz CT molecular complexity index is 1530. The summed E-state index contributed by atoms with van der Waals surface area (Å²) in [4.78, 5) is 34.0. The number of ether oxygens (including phenoxy) is 1. The lowest BCUT2D eigenvalue weighted by Crippen LogP contribution is -2.44. The van der Waals surface area contributed by atoms with Crippen molar-refractivity contribution >= 4 is 23.2 Å². The summed E-state index contributed by atoms with van der Waals surface area (Å²) < 4.78 is 20.2. The summed E-state index contributed by atoms with van der Waals surface area (Å²) in [6.07, 6.45) is 5.32. The number of carbonyl (C=O) groups excluding carboxylic acids is 2. The molecular formula is C32H33FN4O4S. The fraction of sp³-hybridized carbons (Fsp3) is 0.312. The highest BCUT2D eigenvalue weighted by molar-refractivity contribution is 7.09. The van der Waals surface area contributed by atoms with Gasteiger partial charge in [-0.05, 0) is 80.3 Å². The van der Waals surface area contributed by atoms with Gasteiger partial charge in [-0.1, -0.05) is 36.4 Å². The van der Waals surface area contributed by atoms with Crippen LogP contribution in [0.3, 0.4) is 0 Å². The number of aryl methyl sites for hydroxylation is 2. The predicted molar refractivity (Wildman–Crippen MR) is 159 cm³/mol. The third-order valence-electron chi connectivity index (χ3n) is 7.27. The van der Waals surface area contributed by atoms with Crippen molar-refractivity contribution in [3.8, 4) is 22.8 Å². The average molecular weight is 589 g/mol. The molecule has 0 aliphatic heterocycles. The largest absolute Gasteiger partial charge is 0.438 e. The third kappa shape index (κ3) is 7.57. The molecule has 0 unspecified atom stereocenters. The molecule has 2 heterocycles. The summed E-state index contributed by atoms with van der Waals surface area (Å²) in [7, 11) is 0. The van der Waals surface area contributed by atoms with Crippen molar-refractivity contribution < 1.29 is 23.8 Å². The van der Waals surface area contributed by atoms with Gasteiger partial charge in [0.15, 0.2) is 0 Å². The van der Waals surface area contributed by atoms with Crippen molar-refractivity contribution in [3.05, 3.63) is 93.8 Å². The SMILES string of the molecule is Cc1nc(C(=O)N[C@H]2CC[C@H](NC(=O)c3cc(F)cnc3Oc3cccc(-c4ccc(CCCO)cc4)c3)CC2)cs1. The molecule has 0 bridgehead atoms. The van der Waals surface area contributed by atoms with Crippen LogP contribution in [-0.2, 0) is 6.42 Å². The van der Waals surface area contributed by atoms with Gasteiger partial charge in [0.2, 0.25) is 5.88 Å². The fourth-order valence-electron chi connectivity index (χ4n) is 5.04. The van der Waals surface area contributed by atoms with Gasteiger partial charge in [-0.2, -0.15) is 0 Å². The lowest BCUT2D eigenvalue weighted by atomic mass is 9.91. The Morgan fingerprint density at radius 1 is 1.00 bits per heavy atom. The zero-order valence-corrected chi connectivity index (χ0v) is 24.1. The molecule has 2 aromatic carbocycles. The van der Waals surface area contributed by atoms with E-state index < -0.39 is 11.7 Å². The van der Waals surface area contributed by atoms with Crippen LogP contribution in [0.4, 0.5) is 4.39 Å². The van der Waals surface area contributed by atoms with Crippen LogP contribution in [0.25, 0.3) is 11.1 Å². The van der Waals surface area contributed by atoms with Crippen molar-refractivity contribution in [1.82, 2.24) is 20.6 Å². The van der Waals surface area contributed by atoms with Gasteiger partial charge in [-0.3, -0.25) is 9.59 Å². The lowest BCUT2D eigenvalue weighted by Gasteiger charge is -2.29. The van der Waals surface area contributed by atoms with E-state index in [-0.39, 0.29) is 36.0 Å². The number of pyridine rings is 1. The van der Waals surface area contributed by atoms with E-state index in [0.717, 1.165) is 46.8 Å². The molecule has 8 nitrogen and oxygen atoms in total. The summed E-state index contributed by atoms with van der Waals surface area (Å²) in [5, 5.41) is 17.7. The first-order valence-corrected chi connectivity index (χ1v) is 14.9. The van der Waals surface area contributed by atoms with E-state index in [0.29, 0.717) is 37.1 Å². The smallest absolute Gasteiger partial charge is 0.270 e. The Morgan fingerprint density at radius 2 is 1.71 bits per heavy atom. The van der Waals surface area contributed by atoms with Crippen molar-refractivity contribution in [2.45, 2.75) is 57.5 Å². The predicted octanol–water partition coefficient (Wildman–Crippen LogP) is 5.84. The monoisotopic (exact) mass is 588 g/mol. The maximum absolute atomic E-state index is 14.2. The Labute approximate surface area is 248 Å². The van der Waals surface area contributed by atoms with Gasteiger partial charge in [0.05, 0.1) is 11.2 Å². The van der Waals surface area contributed by atoms with Crippen LogP contribution in [-0.4, -0.2) is 45.6 Å². The molecular weight excluding hydrogens is 555 g/mol. The molecule has 0 spiro atoms. The topological polar surface area (TPSA) is 113 Å². The van der Waals surface area contributed by atoms with E-state index in [1.54, 1.807) is 11.4 Å². The van der Waals surface area contributed by atoms with Crippen LogP contribution in [0.5, 0.6) is 11.6 Å². The minimum Gasteiger partial charge on any atom is -0.438 e. The van der Waals surface area contributed by atoms with E-state index in [4.69, 9.17) is 9.84 Å². The number of aromatic nitrogens is 2. The van der Waals surface area contributed by atoms with Crippen LogP contribution in [0.15, 0.2) is 66.2 Å². The van der Waals surface area contributed by atoms with Gasteiger partial charge in [0.1, 0.15) is 22.8 Å². The molecule has 1 saturated carbocycles. The van der Waals surface area contributed by atoms with Gasteiger partial charge in [-0.25, -0.2) is 14.4 Å². The number of aliphatic hydroxyl groups excluding tert-OH is 1. The first-order chi connectivity index (χ1) is 20.4. The van der Waals surface area contributed by atoms with Crippen molar-refractivity contribution in [2.75, 3.05) is 6.61 Å². The number of hydrogen-bond acceptors (Lipinski definition) is 7. The summed E-state index contributed by atoms with van der Waals surface area (Å²) in [5.74, 6) is -0.789. The fourth-order valence-corrected chi connectivity index (χ4v) is 5.63. The first kappa shape index (κ1) is 29.3. The standard InChI is InChI=1S/C32H33FN4O4S/c1-20-35-29(19-42-20)31(40)37-26-13-11-25(12-14-26)36-30(39)28-17-24(33)18-34-32(28)41-27-6-2-5-23(16-27)22-9-7-21(8-10-22)4-3-15-38/h2,5-10,16-19,25-26,38H,3-4,11-15H2,1H3,(H,36,39)(H,37,40)/t25-,26-. The van der Waals surface area contributed by atoms with Gasteiger partial charge in [-0.15, -0.1) is 11.3 Å². The Morgan fingerprint density at radius 3 is 2.38 bits per heavy atom. The second kappa shape index (κ2) is 13.7. The third-order valence-corrected chi connectivity index (χ3v) is 8.04. The summed E-state index contributed by atoms with van der Waals surface area (Å²) >= 11 is 1.44. The summed E-state index contributed by atoms with van der Waals surface area (Å²) in [6.45, 7) is 2.02. The van der Waals surface area contributed by atoms with E-state index in [9.17, 15) is 14.0 Å². The molecule has 42 heavy (non-hydrogen) atoms. The van der Waals surface area contributed by atoms with E-state index >= 15 is 0 Å². The second-order valence-corrected chi connectivity index (χ2v) is 11.5. The van der Waals surface area contributed by atoms with Gasteiger partial charge < -0.3 is 20.5 Å². The lowest BCUT2D eigenvalue weighted by molar-refractivity contribution is 0.0888. The van der Waals surface area contributed by atoms with Crippen LogP contribution in [0, 0.1) is 12.7 Å². The highest BCUT2D eigenvalue weighted by Gasteiger charge is 2.26. The number of benzene rings is 2. The van der Waals surface area contributed by atoms with Crippen molar-refractivity contribution in [3.63, 3.8) is 0 Å². The zero-order chi connectivity index (χ0) is 29.5. The molecule has 1 fully saturated rings. The maximum Gasteiger partial charge on any atom is 0.270 e. The number of rotatable bonds is 10. The van der Waals surface area contributed by atoms with Crippen molar-refractivity contribution in [1.29, 1.82) is 0 Å². The number of aliphatic hydroxyl groups is 1. The molecule has 2 aromatic heterocycles. The molecule has 0 saturated heterocycles. The minimum absolute atomic E-state index is 0.00593. The maximum atomic E-state index is 14.2. The molecule has 1 aliphatic rings. The Kier molecular flexibility index (Phi) is 9.55. The van der Waals surface area contributed by atoms with E-state index in [1.807, 2.05) is 49.4 Å². The number of halogens is 1. The quantitative estimate of drug-likeness (QED) is 0.215. The molecule has 0 radical (unpaired) electrons. The van der Waals surface area contributed by atoms with Gasteiger partial charge in [0, 0.05) is 24.1 Å². The van der Waals surface area contributed by atoms with E-state index in [1.165, 1.54) is 11.3 Å². The van der Waals surface area contributed by atoms with Crippen LogP contribution in [0.2, 0.25) is 0 Å². The molecule has 1 aliphatic carbocycles. The number of hydrogen-bond donors (Lipinski definition) is 3. The number of thiazole rings is 1. The molecule has 5 rings (SSSR count). The van der Waals surface area contributed by atoms with Gasteiger partial charge in [0.25, 0.3) is 11.8 Å². The van der Waals surface area contributed by atoms with Crippen LogP contribution >= 0.6 is 11.3 Å². The molecule has 4 aromatic rings. The van der Waals surface area contributed by atoms with Crippen molar-refractivity contribution in [2.24, 2.45) is 0 Å². The Balaban J connectivity index is 1.21. The normalized spacial score (nSPS) is 16.5. The summed E-state index contributed by atoms with van der Waals surface area (Å²) in [6, 6.07) is 16.5. The first-order valence-electron chi connectivity index (χ1n) is 14.1. The molecule has 2 amide bonds. The number of carbonyl (C=O) groups is 2. The minimum atomic E-state index is -0.633. The summed E-state index contributed by atoms with van der Waals surface area (Å²) in [5.41, 5.74) is 3.50. The highest BCUT2D eigenvalue weighted by atomic mass is 32.1. The molecule has 218 valence electrons. The molecule has 0 atom stereocenters. The van der Waals surface area contributed by atoms with Crippen LogP contribution in [0.1, 0.15) is 63.5 Å². The number of nitrogens with zero attached hydrogens (tertiary/aromatic N) is 2. The molecule has 10 heteroatoms. The Hall–Kier alpha value is -4.15. The van der Waals surface area contributed by atoms with Gasteiger partial charge >= 0.3 is 0 Å². The highest BCUT2D eigenvalue weighted by Crippen LogP contribution is 2.29. The second-order valence-electron chi connectivity index (χ2n) is 10.4. The number of nitrogens with one attached hydrogen (secondary N) is 2. The molecule has 3 N–H and O–H groups in total. The van der Waals surface area contributed by atoms with E-state index in [2.05, 4.69) is 20.6 Å².